The predicted molar refractivity (Wildman–Crippen MR) is 34.7 cm³/mol. The Morgan fingerprint density at radius 3 is 2.67 bits per heavy atom. The zero-order valence-corrected chi connectivity index (χ0v) is 7.94. The Bertz CT molecular complexity index is 20.8. The molecule has 0 aliphatic rings. The standard InChI is InChI=1S/C3H12OSi2/c1-2-3-4-6-5/h2-3,6H2,1,5H3. The van der Waals surface area contributed by atoms with Gasteiger partial charge in [-0.3, -0.25) is 0 Å². The highest BCUT2D eigenvalue weighted by atomic mass is 29.1. The van der Waals surface area contributed by atoms with Crippen LogP contribution >= 0.6 is 0 Å². The van der Waals surface area contributed by atoms with Crippen LogP contribution in [0, 0.1) is 0 Å². The Hall–Kier alpha value is 0.394. The number of hydrogen-bond acceptors (Lipinski definition) is 1. The molecule has 0 heterocycles. The lowest BCUT2D eigenvalue weighted by molar-refractivity contribution is 0.344. The van der Waals surface area contributed by atoms with E-state index in [1.54, 1.807) is 0 Å². The summed E-state index contributed by atoms with van der Waals surface area (Å²) >= 11 is 0. The molecule has 0 aromatic carbocycles. The Labute approximate surface area is 44.2 Å². The highest BCUT2D eigenvalue weighted by molar-refractivity contribution is 6.85. The molecular formula is C3H12OSi2. The molecule has 0 rings (SSSR count). The SMILES string of the molecule is CCCO[SiH2][SiH3]. The lowest BCUT2D eigenvalue weighted by Gasteiger charge is -1.91. The molecule has 0 aliphatic carbocycles. The number of rotatable bonds is 3. The van der Waals surface area contributed by atoms with Crippen molar-refractivity contribution in [3.8, 4) is 0 Å². The summed E-state index contributed by atoms with van der Waals surface area (Å²) in [5.74, 6) is 0. The third kappa shape index (κ3) is 4.39. The van der Waals surface area contributed by atoms with Crippen LogP contribution in [0.2, 0.25) is 0 Å². The van der Waals surface area contributed by atoms with Crippen molar-refractivity contribution in [2.75, 3.05) is 6.61 Å². The molecule has 0 N–H and O–H groups in total. The molecule has 0 saturated heterocycles. The third-order valence-electron chi connectivity index (χ3n) is 0.553. The van der Waals surface area contributed by atoms with Gasteiger partial charge in [0.05, 0.1) is 0 Å². The van der Waals surface area contributed by atoms with E-state index in [4.69, 9.17) is 4.43 Å². The van der Waals surface area contributed by atoms with Crippen LogP contribution in [0.3, 0.4) is 0 Å². The first-order valence-corrected chi connectivity index (χ1v) is 8.73. The Morgan fingerprint density at radius 1 is 1.83 bits per heavy atom. The smallest absolute Gasteiger partial charge is 0.139 e. The van der Waals surface area contributed by atoms with Crippen LogP contribution in [0.4, 0.5) is 0 Å². The van der Waals surface area contributed by atoms with Gasteiger partial charge in [-0.1, -0.05) is 6.92 Å². The van der Waals surface area contributed by atoms with Gasteiger partial charge in [0, 0.05) is 16.4 Å². The van der Waals surface area contributed by atoms with Crippen LogP contribution in [0.1, 0.15) is 13.3 Å². The third-order valence-corrected chi connectivity index (χ3v) is 2.47. The van der Waals surface area contributed by atoms with Gasteiger partial charge in [-0.25, -0.2) is 0 Å². The maximum absolute atomic E-state index is 5.18. The second-order valence-corrected chi connectivity index (χ2v) is 3.91. The van der Waals surface area contributed by atoms with Gasteiger partial charge in [-0.05, 0) is 6.42 Å². The predicted octanol–water partition coefficient (Wildman–Crippen LogP) is -1.22. The van der Waals surface area contributed by atoms with Crippen molar-refractivity contribution in [2.24, 2.45) is 0 Å². The van der Waals surface area contributed by atoms with Crippen molar-refractivity contribution in [1.82, 2.24) is 0 Å². The van der Waals surface area contributed by atoms with Crippen molar-refractivity contribution in [1.29, 1.82) is 0 Å². The molecule has 0 aromatic rings. The van der Waals surface area contributed by atoms with E-state index in [1.165, 1.54) is 16.2 Å². The monoisotopic (exact) mass is 120 g/mol. The molecule has 0 aromatic heterocycles. The van der Waals surface area contributed by atoms with Crippen molar-refractivity contribution in [2.45, 2.75) is 13.3 Å². The van der Waals surface area contributed by atoms with E-state index in [2.05, 4.69) is 6.92 Å². The van der Waals surface area contributed by atoms with Crippen LogP contribution in [-0.2, 0) is 4.43 Å². The van der Waals surface area contributed by atoms with E-state index >= 15 is 0 Å². The molecule has 0 bridgehead atoms. The molecule has 0 amide bonds. The molecule has 0 radical (unpaired) electrons. The van der Waals surface area contributed by atoms with Gasteiger partial charge in [0.25, 0.3) is 0 Å². The molecule has 1 nitrogen and oxygen atoms in total. The first kappa shape index (κ1) is 6.39. The fourth-order valence-corrected chi connectivity index (χ4v) is 1.73. The molecule has 38 valence electrons. The summed E-state index contributed by atoms with van der Waals surface area (Å²) in [6.07, 6.45) is 1.19. The maximum atomic E-state index is 5.18. The van der Waals surface area contributed by atoms with E-state index in [-0.39, 0.29) is 9.28 Å². The van der Waals surface area contributed by atoms with Crippen molar-refractivity contribution < 1.29 is 4.43 Å². The van der Waals surface area contributed by atoms with Gasteiger partial charge in [-0.15, -0.1) is 0 Å². The fraction of sp³-hybridized carbons (Fsp3) is 1.00. The summed E-state index contributed by atoms with van der Waals surface area (Å²) in [5, 5.41) is 0. The fourth-order valence-electron chi connectivity index (χ4n) is 0.289. The number of hydrogen-bond donors (Lipinski definition) is 0. The first-order valence-electron chi connectivity index (χ1n) is 2.49. The minimum absolute atomic E-state index is 0.0419. The van der Waals surface area contributed by atoms with Gasteiger partial charge >= 0.3 is 0 Å². The molecule has 0 unspecified atom stereocenters. The van der Waals surface area contributed by atoms with E-state index < -0.39 is 0 Å². The normalized spacial score (nSPS) is 11.5. The minimum atomic E-state index is 0.0419. The molecular weight excluding hydrogens is 108 g/mol. The van der Waals surface area contributed by atoms with E-state index in [0.717, 1.165) is 6.61 Å². The van der Waals surface area contributed by atoms with Crippen molar-refractivity contribution in [3.05, 3.63) is 0 Å². The molecule has 0 atom stereocenters. The molecule has 0 saturated carbocycles. The Morgan fingerprint density at radius 2 is 2.50 bits per heavy atom. The molecule has 0 spiro atoms. The van der Waals surface area contributed by atoms with E-state index in [0.29, 0.717) is 0 Å². The van der Waals surface area contributed by atoms with Crippen LogP contribution in [0.25, 0.3) is 0 Å². The highest BCUT2D eigenvalue weighted by Crippen LogP contribution is 1.72. The average Bonchev–Trinajstić information content (AvgIpc) is 1.61. The second kappa shape index (κ2) is 5.39. The largest absolute Gasteiger partial charge is 0.428 e. The Kier molecular flexibility index (Phi) is 5.75. The summed E-state index contributed by atoms with van der Waals surface area (Å²) in [5.41, 5.74) is 0. The summed E-state index contributed by atoms with van der Waals surface area (Å²) < 4.78 is 5.18. The molecule has 6 heavy (non-hydrogen) atoms. The minimum Gasteiger partial charge on any atom is -0.428 e. The lowest BCUT2D eigenvalue weighted by Crippen LogP contribution is -1.97. The van der Waals surface area contributed by atoms with Crippen molar-refractivity contribution >= 4 is 19.0 Å². The van der Waals surface area contributed by atoms with Crippen LogP contribution in [0.15, 0.2) is 0 Å². The van der Waals surface area contributed by atoms with E-state index in [9.17, 15) is 0 Å². The van der Waals surface area contributed by atoms with E-state index in [1.807, 2.05) is 0 Å². The topological polar surface area (TPSA) is 9.23 Å². The molecule has 3 heteroatoms. The van der Waals surface area contributed by atoms with Crippen LogP contribution in [0.5, 0.6) is 0 Å². The van der Waals surface area contributed by atoms with Gasteiger partial charge in [0.1, 0.15) is 9.28 Å². The summed E-state index contributed by atoms with van der Waals surface area (Å²) in [7, 11) is 1.36. The van der Waals surface area contributed by atoms with Gasteiger partial charge in [-0.2, -0.15) is 0 Å². The second-order valence-electron chi connectivity index (χ2n) is 1.20. The van der Waals surface area contributed by atoms with Crippen molar-refractivity contribution in [3.63, 3.8) is 0 Å². The maximum Gasteiger partial charge on any atom is 0.139 e. The van der Waals surface area contributed by atoms with Crippen LogP contribution in [-0.4, -0.2) is 25.6 Å². The zero-order valence-electron chi connectivity index (χ0n) is 4.53. The molecule has 0 aliphatic heterocycles. The first-order chi connectivity index (χ1) is 2.91. The Balaban J connectivity index is 2.34. The van der Waals surface area contributed by atoms with Crippen LogP contribution < -0.4 is 0 Å². The summed E-state index contributed by atoms with van der Waals surface area (Å²) in [6.45, 7) is 3.15. The summed E-state index contributed by atoms with van der Waals surface area (Å²) in [4.78, 5) is 0. The van der Waals surface area contributed by atoms with Gasteiger partial charge in [0.2, 0.25) is 0 Å². The average molecular weight is 120 g/mol. The summed E-state index contributed by atoms with van der Waals surface area (Å²) in [6, 6.07) is 0. The highest BCUT2D eigenvalue weighted by Gasteiger charge is 1.73. The lowest BCUT2D eigenvalue weighted by atomic mass is 10.5. The van der Waals surface area contributed by atoms with Gasteiger partial charge in [0.15, 0.2) is 0 Å². The zero-order chi connectivity index (χ0) is 4.83. The van der Waals surface area contributed by atoms with Gasteiger partial charge < -0.3 is 4.43 Å². The quantitative estimate of drug-likeness (QED) is 0.335. The molecule has 0 fully saturated rings.